The normalized spacial score (nSPS) is 9.57. The molecule has 0 atom stereocenters. The zero-order valence-corrected chi connectivity index (χ0v) is 7.40. The largest absolute Gasteiger partial charge is 0.461 e. The molecule has 0 bridgehead atoms. The number of H-pyrrole nitrogens is 1. The first-order valence-electron chi connectivity index (χ1n) is 3.85. The lowest BCUT2D eigenvalue weighted by Gasteiger charge is -2.00. The number of carbonyl (C=O) groups is 2. The van der Waals surface area contributed by atoms with Crippen molar-refractivity contribution in [1.29, 1.82) is 0 Å². The summed E-state index contributed by atoms with van der Waals surface area (Å²) in [6.07, 6.45) is 1.16. The molecule has 1 heterocycles. The number of nitrogens with one attached hydrogen (secondary N) is 2. The molecule has 7 heteroatoms. The van der Waals surface area contributed by atoms with Crippen molar-refractivity contribution < 1.29 is 19.5 Å². The first-order valence-corrected chi connectivity index (χ1v) is 3.85. The van der Waals surface area contributed by atoms with Crippen LogP contribution in [0, 0.1) is 0 Å². The smallest absolute Gasteiger partial charge is 0.357 e. The molecule has 0 saturated heterocycles. The molecule has 76 valence electrons. The first kappa shape index (κ1) is 10.2. The summed E-state index contributed by atoms with van der Waals surface area (Å²) in [5.41, 5.74) is 1.09. The molecule has 0 aromatic carbocycles. The van der Waals surface area contributed by atoms with Crippen LogP contribution in [0.5, 0.6) is 0 Å². The lowest BCUT2D eigenvalue weighted by molar-refractivity contribution is 0.0511. The maximum atomic E-state index is 11.2. The Labute approximate surface area is 79.1 Å². The van der Waals surface area contributed by atoms with Crippen molar-refractivity contribution >= 4 is 11.9 Å². The van der Waals surface area contributed by atoms with Crippen LogP contribution in [0.2, 0.25) is 0 Å². The summed E-state index contributed by atoms with van der Waals surface area (Å²) >= 11 is 0. The Morgan fingerprint density at radius 3 is 3.00 bits per heavy atom. The fourth-order valence-corrected chi connectivity index (χ4v) is 0.878. The van der Waals surface area contributed by atoms with Crippen LogP contribution < -0.4 is 5.48 Å². The second-order valence-corrected chi connectivity index (χ2v) is 2.29. The van der Waals surface area contributed by atoms with Gasteiger partial charge in [-0.15, -0.1) is 0 Å². The zero-order valence-electron chi connectivity index (χ0n) is 7.40. The lowest BCUT2D eigenvalue weighted by Crippen LogP contribution is -2.22. The van der Waals surface area contributed by atoms with Crippen LogP contribution in [0.15, 0.2) is 6.33 Å². The number of carbonyl (C=O) groups excluding carboxylic acids is 2. The van der Waals surface area contributed by atoms with Crippen LogP contribution in [0.1, 0.15) is 27.9 Å². The molecule has 3 N–H and O–H groups in total. The molecule has 1 rings (SSSR count). The fraction of sp³-hybridized carbons (Fsp3) is 0.286. The van der Waals surface area contributed by atoms with Gasteiger partial charge in [-0.2, -0.15) is 0 Å². The number of rotatable bonds is 3. The van der Waals surface area contributed by atoms with E-state index in [4.69, 9.17) is 5.21 Å². The van der Waals surface area contributed by atoms with Gasteiger partial charge in [0.15, 0.2) is 11.4 Å². The van der Waals surface area contributed by atoms with E-state index in [2.05, 4.69) is 14.7 Å². The van der Waals surface area contributed by atoms with Crippen molar-refractivity contribution in [2.24, 2.45) is 0 Å². The Morgan fingerprint density at radius 2 is 2.43 bits per heavy atom. The summed E-state index contributed by atoms with van der Waals surface area (Å²) in [4.78, 5) is 28.2. The van der Waals surface area contributed by atoms with E-state index in [-0.39, 0.29) is 18.0 Å². The maximum Gasteiger partial charge on any atom is 0.357 e. The summed E-state index contributed by atoms with van der Waals surface area (Å²) in [5.74, 6) is -1.56. The third-order valence-electron chi connectivity index (χ3n) is 1.44. The van der Waals surface area contributed by atoms with Gasteiger partial charge < -0.3 is 9.72 Å². The molecule has 0 spiro atoms. The number of hydrogen-bond acceptors (Lipinski definition) is 5. The van der Waals surface area contributed by atoms with Gasteiger partial charge in [-0.25, -0.2) is 15.3 Å². The Morgan fingerprint density at radius 1 is 1.71 bits per heavy atom. The number of hydrogen-bond donors (Lipinski definition) is 3. The highest BCUT2D eigenvalue weighted by Gasteiger charge is 2.20. The zero-order chi connectivity index (χ0) is 10.6. The molecule has 14 heavy (non-hydrogen) atoms. The predicted octanol–water partition coefficient (Wildman–Crippen LogP) is -0.295. The van der Waals surface area contributed by atoms with E-state index in [1.54, 1.807) is 6.92 Å². The minimum atomic E-state index is -0.866. The van der Waals surface area contributed by atoms with Crippen molar-refractivity contribution in [2.45, 2.75) is 6.92 Å². The number of amides is 1. The molecule has 0 aliphatic heterocycles. The van der Waals surface area contributed by atoms with Crippen LogP contribution in [-0.4, -0.2) is 33.7 Å². The molecule has 0 saturated carbocycles. The highest BCUT2D eigenvalue weighted by atomic mass is 16.5. The van der Waals surface area contributed by atoms with E-state index in [9.17, 15) is 9.59 Å². The fourth-order valence-electron chi connectivity index (χ4n) is 0.878. The van der Waals surface area contributed by atoms with Gasteiger partial charge in [0, 0.05) is 0 Å². The van der Waals surface area contributed by atoms with Gasteiger partial charge in [0.25, 0.3) is 5.91 Å². The molecule has 7 nitrogen and oxygen atoms in total. The van der Waals surface area contributed by atoms with Crippen LogP contribution >= 0.6 is 0 Å². The Balaban J connectivity index is 2.92. The SMILES string of the molecule is CCOC(=O)c1[nH]cnc1C(=O)NO. The van der Waals surface area contributed by atoms with Gasteiger partial charge in [0.2, 0.25) is 0 Å². The van der Waals surface area contributed by atoms with E-state index < -0.39 is 11.9 Å². The van der Waals surface area contributed by atoms with Crippen molar-refractivity contribution in [1.82, 2.24) is 15.4 Å². The number of esters is 1. The van der Waals surface area contributed by atoms with Crippen LogP contribution in [-0.2, 0) is 4.74 Å². The van der Waals surface area contributed by atoms with E-state index in [0.29, 0.717) is 0 Å². The molecule has 0 unspecified atom stereocenters. The van der Waals surface area contributed by atoms with E-state index in [1.807, 2.05) is 0 Å². The third-order valence-corrected chi connectivity index (χ3v) is 1.44. The Hall–Kier alpha value is -1.89. The molecule has 0 fully saturated rings. The molecule has 1 aromatic rings. The standard InChI is InChI=1S/C7H9N3O4/c1-2-14-7(12)5-4(6(11)10-13)8-3-9-5/h3,13H,2H2,1H3,(H,8,9)(H,10,11). The summed E-state index contributed by atoms with van der Waals surface area (Å²) in [6, 6.07) is 0. The molecule has 0 aliphatic rings. The second kappa shape index (κ2) is 4.38. The van der Waals surface area contributed by atoms with E-state index >= 15 is 0 Å². The summed E-state index contributed by atoms with van der Waals surface area (Å²) < 4.78 is 4.65. The monoisotopic (exact) mass is 199 g/mol. The number of aromatic nitrogens is 2. The van der Waals surface area contributed by atoms with Gasteiger partial charge in [-0.3, -0.25) is 10.0 Å². The number of ether oxygens (including phenoxy) is 1. The minimum Gasteiger partial charge on any atom is -0.461 e. The molecule has 1 amide bonds. The van der Waals surface area contributed by atoms with Gasteiger partial charge >= 0.3 is 5.97 Å². The molecular formula is C7H9N3O4. The quantitative estimate of drug-likeness (QED) is 0.352. The average molecular weight is 199 g/mol. The highest BCUT2D eigenvalue weighted by molar-refractivity contribution is 6.02. The highest BCUT2D eigenvalue weighted by Crippen LogP contribution is 2.04. The number of imidazole rings is 1. The molecule has 0 aliphatic carbocycles. The Kier molecular flexibility index (Phi) is 3.19. The predicted molar refractivity (Wildman–Crippen MR) is 43.8 cm³/mol. The van der Waals surface area contributed by atoms with E-state index in [0.717, 1.165) is 6.33 Å². The van der Waals surface area contributed by atoms with Crippen molar-refractivity contribution in [3.05, 3.63) is 17.7 Å². The van der Waals surface area contributed by atoms with Crippen molar-refractivity contribution in [3.8, 4) is 0 Å². The molecule has 0 radical (unpaired) electrons. The Bertz CT molecular complexity index is 346. The number of aromatic amines is 1. The topological polar surface area (TPSA) is 104 Å². The minimum absolute atomic E-state index is 0.0848. The van der Waals surface area contributed by atoms with Crippen LogP contribution in [0.3, 0.4) is 0 Å². The lowest BCUT2D eigenvalue weighted by atomic mass is 10.3. The van der Waals surface area contributed by atoms with Crippen LogP contribution in [0.25, 0.3) is 0 Å². The van der Waals surface area contributed by atoms with E-state index in [1.165, 1.54) is 5.48 Å². The molecular weight excluding hydrogens is 190 g/mol. The number of nitrogens with zero attached hydrogens (tertiary/aromatic N) is 1. The van der Waals surface area contributed by atoms with Gasteiger partial charge in [-0.05, 0) is 6.92 Å². The summed E-state index contributed by atoms with van der Waals surface area (Å²) in [7, 11) is 0. The van der Waals surface area contributed by atoms with Gasteiger partial charge in [-0.1, -0.05) is 0 Å². The number of hydroxylamine groups is 1. The first-order chi connectivity index (χ1) is 6.70. The van der Waals surface area contributed by atoms with Gasteiger partial charge in [0.1, 0.15) is 0 Å². The maximum absolute atomic E-state index is 11.2. The summed E-state index contributed by atoms with van der Waals surface area (Å²) in [5, 5.41) is 8.34. The third kappa shape index (κ3) is 1.88. The van der Waals surface area contributed by atoms with Crippen molar-refractivity contribution in [3.63, 3.8) is 0 Å². The second-order valence-electron chi connectivity index (χ2n) is 2.29. The van der Waals surface area contributed by atoms with Crippen LogP contribution in [0.4, 0.5) is 0 Å². The summed E-state index contributed by atoms with van der Waals surface area (Å²) in [6.45, 7) is 1.83. The van der Waals surface area contributed by atoms with Crippen molar-refractivity contribution in [2.75, 3.05) is 6.61 Å². The van der Waals surface area contributed by atoms with Gasteiger partial charge in [0.05, 0.1) is 12.9 Å². The molecule has 1 aromatic heterocycles. The average Bonchev–Trinajstić information content (AvgIpc) is 2.65.